The number of thiol groups is 1. The van der Waals surface area contributed by atoms with Crippen molar-refractivity contribution in [3.05, 3.63) is 188 Å². The molecule has 0 aliphatic carbocycles. The molecule has 6 saturated heterocycles. The van der Waals surface area contributed by atoms with Crippen LogP contribution in [0.5, 0.6) is 0 Å². The second kappa shape index (κ2) is 47.4. The van der Waals surface area contributed by atoms with Crippen molar-refractivity contribution >= 4 is 133 Å². The number of rotatable bonds is 16. The van der Waals surface area contributed by atoms with Gasteiger partial charge in [-0.1, -0.05) is 83.3 Å². The molecule has 12 aromatic rings. The number of pyridine rings is 3. The van der Waals surface area contributed by atoms with Gasteiger partial charge in [-0.15, -0.1) is 6.20 Å². The molecule has 0 unspecified atom stereocenters. The molecule has 3 aromatic carbocycles. The molecule has 15 heterocycles. The number of alkyl carbamates (subject to hydrolysis) is 2. The van der Waals surface area contributed by atoms with E-state index in [0.29, 0.717) is 13.2 Å². The summed E-state index contributed by atoms with van der Waals surface area (Å²) in [5.74, 6) is 7.18. The van der Waals surface area contributed by atoms with E-state index >= 15 is 0 Å². The van der Waals surface area contributed by atoms with Crippen molar-refractivity contribution in [3.8, 4) is 0 Å². The minimum atomic E-state index is -1.00. The quantitative estimate of drug-likeness (QED) is 0.0114. The Morgan fingerprint density at radius 3 is 1.28 bits per heavy atom. The Morgan fingerprint density at radius 2 is 0.876 bits per heavy atom. The zero-order chi connectivity index (χ0) is 97.1. The van der Waals surface area contributed by atoms with Gasteiger partial charge in [-0.3, -0.25) is 37.5 Å². The average molecular weight is 2010 g/mol. The molecule has 3 spiro atoms. The maximum Gasteiger partial charge on any atom is 1.00 e. The van der Waals surface area contributed by atoms with E-state index in [0.717, 1.165) is 176 Å². The smallest absolute Gasteiger partial charge is 0.813 e. The number of aryl methyl sites for hydroxylation is 3. The number of imidazole rings is 3. The second-order valence-corrected chi connectivity index (χ2v) is 37.6. The Hall–Kier alpha value is -12.0. The van der Waals surface area contributed by atoms with Crippen molar-refractivity contribution in [3.63, 3.8) is 0 Å². The van der Waals surface area contributed by atoms with Crippen LogP contribution in [0.3, 0.4) is 0 Å². The SMILES string of the molecule is C[C@@H]1OCC2(CCN(c3nc[c-]c4nccn34)CC2)[C@@H]1NC(=O)OC(C)(C)C.C[C@@H]1OCC2(CCN(c3ncc(Sc4cc(=O)n(C)c5ccccc45)c4nccn34)CC2)[C@@H]1N.C[C@@H]1OCC2(CCN(c3ncc(Sc4cc(=O)n(C)c5ccccc45)c4nccn34)CC2)[C@@H]1NC(=O)OC(C)(C)C.Cn1c(=O)cc(Br)c2ccccc21.N=N/N=N/N=N/N=N/N=N/N=N/N=N/N=N/N.[2H]CF.[Na+].[SH-]. The van der Waals surface area contributed by atoms with E-state index in [2.05, 4.69) is 163 Å². The molecule has 7 N–H and O–H groups in total. The standard InChI is InChI=1S/C30H36N6O4S.C25H28N6O2S.C20H28N5O3.C10H8BrNO.CH3F.H3N17.Na.H2S/c1-19-25(33-28(38)40-29(2,3)4)30(18-39-19)10-13-35(14-11-30)27-32-17-23(26-31-12-15-36(26)27)41-22-16-24(37)34(5)21-9-7-6-8-20(21)22;1-16-22(26)25(15-33-16)7-10-30(11-8-25)24-28-14-20(23-27-9-12-31(23)24)34-19-13-21(32)29(2)18-6-4-3-5-17(18)19;1-14-16(23-18(26)28-19(2,3)4)20(13-27-14)6-10-24(11-7-20)17-22-8-5-15-21-9-12-25(15)17;1-12-9-5-3-2-4-7(9)8(11)6-10(12)13;1-2;1-3-5-7-9-11-13-15-17-16-14-12-10-8-6-4-2;;/h6-9,12,15-17,19,25H,10-11,13-14,18H2,1-5H3,(H,33,38);3-6,9,12-14,16,22H,7-8,10-11,15,26H2,1-2H3;8-9,12,14,16H,6-7,10-11,13H2,1-4H3,(H,23,26);2-6H,1H3;1H3;(H3,1,2,5,6,9,10,13,14,17);;1H2/q;;-1;;;;+1;/p-1/t19-,25+;16-,22+;14-,16+;;;;;/m000...../s1/i;;;;1D;;;. The van der Waals surface area contributed by atoms with Gasteiger partial charge in [0.25, 0.3) is 16.7 Å². The third-order valence-electron chi connectivity index (χ3n) is 24.2. The first-order valence-electron chi connectivity index (χ1n) is 43.7. The summed E-state index contributed by atoms with van der Waals surface area (Å²) in [6.45, 7) is 24.3. The first-order chi connectivity index (χ1) is 65.3. The Morgan fingerprint density at radius 1 is 0.526 bits per heavy atom. The topological polar surface area (TPSA) is 532 Å². The molecule has 6 fully saturated rings. The first kappa shape index (κ1) is 104. The van der Waals surface area contributed by atoms with Crippen LogP contribution in [0.1, 0.15) is 102 Å². The average Bonchev–Trinajstić information content (AvgIpc) is 1.50. The maximum atomic E-state index is 12.7. The van der Waals surface area contributed by atoms with Crippen LogP contribution in [0.15, 0.2) is 264 Å². The number of nitrogens with zero attached hydrogens (tertiary/aromatic N) is 30. The number of carbonyl (C=O) groups is 2. The summed E-state index contributed by atoms with van der Waals surface area (Å²) >= 11 is 6.41. The molecule has 720 valence electrons. The normalized spacial score (nSPS) is 19.6. The fourth-order valence-corrected chi connectivity index (χ4v) is 20.0. The number of ether oxygens (including phenoxy) is 5. The number of nitrogens with one attached hydrogen (secondary N) is 3. The largest absolute Gasteiger partial charge is 1.00 e. The Balaban J connectivity index is 0.000000171. The monoisotopic (exact) mass is 2010 g/mol. The number of amides is 2. The molecule has 2 amide bonds. The third-order valence-corrected chi connectivity index (χ3v) is 27.0. The first-order valence-corrected chi connectivity index (χ1v) is 45.4. The van der Waals surface area contributed by atoms with E-state index in [1.165, 1.54) is 23.5 Å². The van der Waals surface area contributed by atoms with Crippen LogP contribution >= 0.6 is 39.5 Å². The van der Waals surface area contributed by atoms with E-state index in [1.54, 1.807) is 77.8 Å². The third kappa shape index (κ3) is 25.1. The van der Waals surface area contributed by atoms with Crippen molar-refractivity contribution in [1.29, 1.82) is 5.53 Å². The van der Waals surface area contributed by atoms with Crippen LogP contribution < -0.4 is 83.1 Å². The van der Waals surface area contributed by atoms with Crippen molar-refractivity contribution < 1.29 is 68.6 Å². The van der Waals surface area contributed by atoms with E-state index in [-0.39, 0.29) is 119 Å². The van der Waals surface area contributed by atoms with Crippen LogP contribution in [0.4, 0.5) is 31.8 Å². The molecule has 0 saturated carbocycles. The van der Waals surface area contributed by atoms with Crippen LogP contribution in [0, 0.1) is 27.8 Å². The van der Waals surface area contributed by atoms with Crippen molar-refractivity contribution in [2.24, 2.45) is 127 Å². The Labute approximate surface area is 833 Å². The van der Waals surface area contributed by atoms with Crippen molar-refractivity contribution in [2.45, 2.75) is 168 Å². The van der Waals surface area contributed by atoms with Gasteiger partial charge in [-0.2, -0.15) is 5.53 Å². The van der Waals surface area contributed by atoms with Gasteiger partial charge in [0.1, 0.15) is 11.2 Å². The summed E-state index contributed by atoms with van der Waals surface area (Å²) in [7, 11) is 4.37. The van der Waals surface area contributed by atoms with Crippen LogP contribution in [0.25, 0.3) is 49.7 Å². The molecule has 6 aliphatic heterocycles. The summed E-state index contributed by atoms with van der Waals surface area (Å²) in [4.78, 5) is 99.8. The number of aromatic nitrogens is 12. The number of anilines is 3. The zero-order valence-corrected chi connectivity index (χ0v) is 83.9. The van der Waals surface area contributed by atoms with E-state index < -0.39 is 24.4 Å². The number of hydrogen-bond donors (Lipinski definition) is 5. The number of alkyl halides is 1. The van der Waals surface area contributed by atoms with Crippen LogP contribution in [-0.2, 0) is 58.3 Å². The van der Waals surface area contributed by atoms with Crippen molar-refractivity contribution in [1.82, 2.24) is 67.4 Å². The number of nitrogens with two attached hydrogens (primary N) is 2. The van der Waals surface area contributed by atoms with Crippen LogP contribution in [0.2, 0.25) is 0 Å². The zero-order valence-electron chi connectivity index (χ0n) is 78.8. The molecule has 6 aliphatic rings. The van der Waals surface area contributed by atoms with E-state index in [4.69, 9.17) is 46.3 Å². The van der Waals surface area contributed by atoms with Gasteiger partial charge >= 0.3 is 41.7 Å². The van der Waals surface area contributed by atoms with Crippen LogP contribution in [-0.4, -0.2) is 183 Å². The maximum absolute atomic E-state index is 12.7. The van der Waals surface area contributed by atoms with E-state index in [1.807, 2.05) is 168 Å². The molecule has 45 nitrogen and oxygen atoms in total. The number of fused-ring (bicyclic) bond motifs is 6. The molecule has 0 radical (unpaired) electrons. The summed E-state index contributed by atoms with van der Waals surface area (Å²) in [5.41, 5.74) is 16.5. The molecular weight excluding hydrogens is 1900 g/mol. The van der Waals surface area contributed by atoms with E-state index in [9.17, 15) is 28.4 Å². The molecule has 0 bridgehead atoms. The molecule has 6 atom stereocenters. The Bertz CT molecular complexity index is 6650. The molecule has 9 aromatic heterocycles. The predicted molar refractivity (Wildman–Crippen MR) is 513 cm³/mol. The van der Waals surface area contributed by atoms with Gasteiger partial charge in [0, 0.05) is 181 Å². The predicted octanol–water partition coefficient (Wildman–Crippen LogP) is 12.2. The summed E-state index contributed by atoms with van der Waals surface area (Å²) in [6.07, 6.45) is 21.3. The van der Waals surface area contributed by atoms with Gasteiger partial charge in [-0.25, -0.2) is 29.5 Å². The molecule has 18 rings (SSSR count). The van der Waals surface area contributed by atoms with Gasteiger partial charge in [0.15, 0.2) is 11.3 Å². The number of piperidine rings is 3. The summed E-state index contributed by atoms with van der Waals surface area (Å²) in [5, 5.41) is 52.6. The van der Waals surface area contributed by atoms with Gasteiger partial charge in [0.2, 0.25) is 17.8 Å². The molecule has 51 heteroatoms. The number of halogens is 2. The summed E-state index contributed by atoms with van der Waals surface area (Å²) < 4.78 is 56.3. The summed E-state index contributed by atoms with van der Waals surface area (Å²) in [6, 6.07) is 31.6. The number of carbonyl (C=O) groups excluding carboxylic acids is 2. The molecular formula is C86H107BrFN35NaO10S3-. The van der Waals surface area contributed by atoms with Gasteiger partial charge < -0.3 is 98.3 Å². The van der Waals surface area contributed by atoms with Gasteiger partial charge in [-0.05, 0) is 214 Å². The fraction of sp³-hybridized carbons (Fsp3) is 0.453. The number of benzene rings is 3. The Kier molecular flexibility index (Phi) is 35.9. The number of hydrogen-bond acceptors (Lipinski definition) is 25. The fourth-order valence-electron chi connectivity index (χ4n) is 17.4. The van der Waals surface area contributed by atoms with Gasteiger partial charge in [0.05, 0.1) is 85.1 Å². The number of para-hydroxylation sites is 3. The minimum absolute atomic E-state index is 0. The van der Waals surface area contributed by atoms with Crippen molar-refractivity contribution in [2.75, 3.05) is 80.9 Å². The second-order valence-electron chi connectivity index (χ2n) is 34.6. The molecule has 137 heavy (non-hydrogen) atoms. The minimum Gasteiger partial charge on any atom is -0.813 e.